The molecule has 0 saturated carbocycles. The highest BCUT2D eigenvalue weighted by Gasteiger charge is 2.09. The summed E-state index contributed by atoms with van der Waals surface area (Å²) >= 11 is 0. The molecular weight excluding hydrogens is 304 g/mol. The van der Waals surface area contributed by atoms with Crippen LogP contribution in [0, 0.1) is 6.92 Å². The Labute approximate surface area is 140 Å². The number of hydrogen-bond donors (Lipinski definition) is 1. The van der Waals surface area contributed by atoms with Gasteiger partial charge < -0.3 is 14.6 Å². The Hall–Kier alpha value is -2.73. The molecule has 0 spiro atoms. The zero-order valence-corrected chi connectivity index (χ0v) is 13.8. The SMILES string of the molecule is COCc1ncc(C)n1CCNC(=O)c1ccc2ncccc2c1. The fourth-order valence-electron chi connectivity index (χ4n) is 2.66. The van der Waals surface area contributed by atoms with Gasteiger partial charge in [0.15, 0.2) is 0 Å². The summed E-state index contributed by atoms with van der Waals surface area (Å²) < 4.78 is 7.19. The van der Waals surface area contributed by atoms with Crippen molar-refractivity contribution in [1.29, 1.82) is 0 Å². The van der Waals surface area contributed by atoms with Gasteiger partial charge in [-0.25, -0.2) is 4.98 Å². The average molecular weight is 324 g/mol. The van der Waals surface area contributed by atoms with E-state index in [2.05, 4.69) is 15.3 Å². The van der Waals surface area contributed by atoms with Crippen molar-refractivity contribution in [2.45, 2.75) is 20.1 Å². The molecule has 3 rings (SSSR count). The van der Waals surface area contributed by atoms with E-state index in [-0.39, 0.29) is 5.91 Å². The molecule has 124 valence electrons. The van der Waals surface area contributed by atoms with Gasteiger partial charge in [0.2, 0.25) is 0 Å². The number of ether oxygens (including phenoxy) is 1. The molecule has 3 aromatic rings. The quantitative estimate of drug-likeness (QED) is 0.755. The molecule has 0 aliphatic carbocycles. The van der Waals surface area contributed by atoms with E-state index in [1.807, 2.05) is 42.0 Å². The van der Waals surface area contributed by atoms with Crippen LogP contribution < -0.4 is 5.32 Å². The first-order valence-electron chi connectivity index (χ1n) is 7.82. The summed E-state index contributed by atoms with van der Waals surface area (Å²) in [6.45, 7) is 3.63. The standard InChI is InChI=1S/C18H20N4O2/c1-13-11-21-17(12-24-2)22(13)9-8-20-18(23)15-5-6-16-14(10-15)4-3-7-19-16/h3-7,10-11H,8-9,12H2,1-2H3,(H,20,23). The molecule has 0 atom stereocenters. The van der Waals surface area contributed by atoms with Crippen LogP contribution in [-0.2, 0) is 17.9 Å². The summed E-state index contributed by atoms with van der Waals surface area (Å²) in [5, 5.41) is 3.91. The fourth-order valence-corrected chi connectivity index (χ4v) is 2.66. The minimum absolute atomic E-state index is 0.0909. The van der Waals surface area contributed by atoms with Crippen molar-refractivity contribution in [3.63, 3.8) is 0 Å². The number of pyridine rings is 1. The molecule has 6 nitrogen and oxygen atoms in total. The van der Waals surface area contributed by atoms with Crippen molar-refractivity contribution in [3.05, 3.63) is 59.8 Å². The van der Waals surface area contributed by atoms with Gasteiger partial charge in [0.25, 0.3) is 5.91 Å². The lowest BCUT2D eigenvalue weighted by Gasteiger charge is -2.11. The lowest BCUT2D eigenvalue weighted by Crippen LogP contribution is -2.28. The van der Waals surface area contributed by atoms with Crippen LogP contribution in [0.2, 0.25) is 0 Å². The number of imidazole rings is 1. The van der Waals surface area contributed by atoms with Crippen molar-refractivity contribution in [2.24, 2.45) is 0 Å². The summed E-state index contributed by atoms with van der Waals surface area (Å²) in [4.78, 5) is 20.9. The highest BCUT2D eigenvalue weighted by Crippen LogP contribution is 2.13. The molecule has 2 heterocycles. The summed E-state index contributed by atoms with van der Waals surface area (Å²) in [5.74, 6) is 0.771. The van der Waals surface area contributed by atoms with Crippen LogP contribution in [-0.4, -0.2) is 34.1 Å². The fraction of sp³-hybridized carbons (Fsp3) is 0.278. The lowest BCUT2D eigenvalue weighted by molar-refractivity contribution is 0.0952. The maximum Gasteiger partial charge on any atom is 0.251 e. The monoisotopic (exact) mass is 324 g/mol. The van der Waals surface area contributed by atoms with E-state index in [1.165, 1.54) is 0 Å². The van der Waals surface area contributed by atoms with Crippen LogP contribution in [0.3, 0.4) is 0 Å². The third kappa shape index (κ3) is 3.44. The predicted octanol–water partition coefficient (Wildman–Crippen LogP) is 2.32. The van der Waals surface area contributed by atoms with Crippen molar-refractivity contribution in [2.75, 3.05) is 13.7 Å². The van der Waals surface area contributed by atoms with E-state index in [4.69, 9.17) is 4.74 Å². The zero-order chi connectivity index (χ0) is 16.9. The van der Waals surface area contributed by atoms with E-state index < -0.39 is 0 Å². The second-order valence-electron chi connectivity index (χ2n) is 5.57. The molecule has 0 radical (unpaired) electrons. The van der Waals surface area contributed by atoms with E-state index in [0.29, 0.717) is 25.3 Å². The topological polar surface area (TPSA) is 69.0 Å². The number of amides is 1. The first kappa shape index (κ1) is 16.1. The number of nitrogens with one attached hydrogen (secondary N) is 1. The molecule has 6 heteroatoms. The molecule has 24 heavy (non-hydrogen) atoms. The number of aryl methyl sites for hydroxylation is 1. The Morgan fingerprint density at radius 3 is 3.00 bits per heavy atom. The van der Waals surface area contributed by atoms with Crippen LogP contribution in [0.5, 0.6) is 0 Å². The smallest absolute Gasteiger partial charge is 0.251 e. The number of carbonyl (C=O) groups excluding carboxylic acids is 1. The third-order valence-electron chi connectivity index (χ3n) is 3.90. The first-order valence-corrected chi connectivity index (χ1v) is 7.82. The van der Waals surface area contributed by atoms with Crippen LogP contribution in [0.15, 0.2) is 42.7 Å². The summed E-state index contributed by atoms with van der Waals surface area (Å²) in [6, 6.07) is 9.33. The summed E-state index contributed by atoms with van der Waals surface area (Å²) in [5.41, 5.74) is 2.57. The van der Waals surface area contributed by atoms with Gasteiger partial charge in [0, 0.05) is 49.2 Å². The van der Waals surface area contributed by atoms with Gasteiger partial charge in [-0.1, -0.05) is 6.07 Å². The Bertz CT molecular complexity index is 857. The van der Waals surface area contributed by atoms with Gasteiger partial charge in [0.05, 0.1) is 5.52 Å². The number of methoxy groups -OCH3 is 1. The second-order valence-corrected chi connectivity index (χ2v) is 5.57. The Balaban J connectivity index is 1.64. The van der Waals surface area contributed by atoms with Crippen molar-refractivity contribution < 1.29 is 9.53 Å². The van der Waals surface area contributed by atoms with E-state index in [9.17, 15) is 4.79 Å². The van der Waals surface area contributed by atoms with Gasteiger partial charge in [0.1, 0.15) is 12.4 Å². The molecule has 0 aliphatic heterocycles. The molecule has 1 amide bonds. The second kappa shape index (κ2) is 7.23. The summed E-state index contributed by atoms with van der Waals surface area (Å²) in [7, 11) is 1.64. The third-order valence-corrected chi connectivity index (χ3v) is 3.90. The molecule has 0 unspecified atom stereocenters. The number of rotatable bonds is 6. The molecule has 1 aromatic carbocycles. The largest absolute Gasteiger partial charge is 0.377 e. The first-order chi connectivity index (χ1) is 11.7. The Morgan fingerprint density at radius 1 is 1.29 bits per heavy atom. The molecule has 0 aliphatic rings. The minimum atomic E-state index is -0.0909. The maximum absolute atomic E-state index is 12.3. The summed E-state index contributed by atoms with van der Waals surface area (Å²) in [6.07, 6.45) is 3.56. The minimum Gasteiger partial charge on any atom is -0.377 e. The Morgan fingerprint density at radius 2 is 2.17 bits per heavy atom. The van der Waals surface area contributed by atoms with Gasteiger partial charge in [-0.15, -0.1) is 0 Å². The van der Waals surface area contributed by atoms with Gasteiger partial charge in [-0.05, 0) is 31.2 Å². The van der Waals surface area contributed by atoms with Crippen molar-refractivity contribution in [3.8, 4) is 0 Å². The molecule has 0 fully saturated rings. The van der Waals surface area contributed by atoms with Crippen LogP contribution in [0.25, 0.3) is 10.9 Å². The molecule has 0 bridgehead atoms. The van der Waals surface area contributed by atoms with Crippen LogP contribution in [0.4, 0.5) is 0 Å². The number of nitrogens with zero attached hydrogens (tertiary/aromatic N) is 3. The lowest BCUT2D eigenvalue weighted by atomic mass is 10.1. The van der Waals surface area contributed by atoms with E-state index in [1.54, 1.807) is 19.4 Å². The van der Waals surface area contributed by atoms with Crippen LogP contribution in [0.1, 0.15) is 21.9 Å². The van der Waals surface area contributed by atoms with Gasteiger partial charge in [-0.2, -0.15) is 0 Å². The molecular formula is C18H20N4O2. The van der Waals surface area contributed by atoms with Gasteiger partial charge >= 0.3 is 0 Å². The number of fused-ring (bicyclic) bond motifs is 1. The highest BCUT2D eigenvalue weighted by molar-refractivity contribution is 5.97. The number of carbonyl (C=O) groups is 1. The van der Waals surface area contributed by atoms with Crippen LogP contribution >= 0.6 is 0 Å². The normalized spacial score (nSPS) is 10.9. The molecule has 1 N–H and O–H groups in total. The van der Waals surface area contributed by atoms with E-state index in [0.717, 1.165) is 22.4 Å². The van der Waals surface area contributed by atoms with Crippen molar-refractivity contribution >= 4 is 16.8 Å². The van der Waals surface area contributed by atoms with E-state index >= 15 is 0 Å². The van der Waals surface area contributed by atoms with Gasteiger partial charge in [-0.3, -0.25) is 9.78 Å². The molecule has 2 aromatic heterocycles. The average Bonchev–Trinajstić information content (AvgIpc) is 2.95. The highest BCUT2D eigenvalue weighted by atomic mass is 16.5. The zero-order valence-electron chi connectivity index (χ0n) is 13.8. The molecule has 0 saturated heterocycles. The predicted molar refractivity (Wildman–Crippen MR) is 91.8 cm³/mol. The maximum atomic E-state index is 12.3. The Kier molecular flexibility index (Phi) is 4.86. The number of hydrogen-bond acceptors (Lipinski definition) is 4. The number of benzene rings is 1. The van der Waals surface area contributed by atoms with Crippen molar-refractivity contribution in [1.82, 2.24) is 19.9 Å². The number of aromatic nitrogens is 3.